The van der Waals surface area contributed by atoms with E-state index in [2.05, 4.69) is 47.3 Å². The van der Waals surface area contributed by atoms with Crippen molar-refractivity contribution in [2.45, 2.75) is 39.2 Å². The van der Waals surface area contributed by atoms with Crippen LogP contribution in [0.4, 0.5) is 0 Å². The van der Waals surface area contributed by atoms with Crippen LogP contribution in [0.5, 0.6) is 0 Å². The van der Waals surface area contributed by atoms with Gasteiger partial charge >= 0.3 is 0 Å². The van der Waals surface area contributed by atoms with Crippen molar-refractivity contribution in [2.24, 2.45) is 23.6 Å². The van der Waals surface area contributed by atoms with Gasteiger partial charge in [0.05, 0.1) is 9.83 Å². The number of halogens is 1. The molecule has 4 atom stereocenters. The minimum atomic E-state index is 0.321. The van der Waals surface area contributed by atoms with E-state index in [1.807, 2.05) is 0 Å². The number of nitrogens with two attached hydrogens (primary N) is 1. The minimum Gasteiger partial charge on any atom is -0.271 e. The molecule has 0 bridgehead atoms. The molecule has 0 aromatic carbocycles. The highest BCUT2D eigenvalue weighted by Crippen LogP contribution is 2.41. The van der Waals surface area contributed by atoms with E-state index in [0.29, 0.717) is 12.0 Å². The summed E-state index contributed by atoms with van der Waals surface area (Å²) in [7, 11) is 0. The van der Waals surface area contributed by atoms with Crippen LogP contribution < -0.4 is 11.3 Å². The monoisotopic (exact) mass is 316 g/mol. The molecule has 1 fully saturated rings. The summed E-state index contributed by atoms with van der Waals surface area (Å²) in [6.45, 7) is 4.74. The van der Waals surface area contributed by atoms with Crippen LogP contribution in [0, 0.1) is 17.8 Å². The van der Waals surface area contributed by atoms with Crippen LogP contribution in [0.3, 0.4) is 0 Å². The smallest absolute Gasteiger partial charge is 0.0702 e. The van der Waals surface area contributed by atoms with Crippen molar-refractivity contribution in [3.63, 3.8) is 0 Å². The molecule has 96 valence electrons. The van der Waals surface area contributed by atoms with Crippen LogP contribution in [-0.2, 0) is 0 Å². The van der Waals surface area contributed by atoms with Gasteiger partial charge in [-0.05, 0) is 58.7 Å². The van der Waals surface area contributed by atoms with Crippen LogP contribution in [-0.4, -0.2) is 0 Å². The highest BCUT2D eigenvalue weighted by atomic mass is 79.9. The molecule has 17 heavy (non-hydrogen) atoms. The topological polar surface area (TPSA) is 38.0 Å². The van der Waals surface area contributed by atoms with E-state index >= 15 is 0 Å². The number of hydrazine groups is 1. The van der Waals surface area contributed by atoms with Gasteiger partial charge in [-0.15, -0.1) is 11.3 Å². The lowest BCUT2D eigenvalue weighted by Crippen LogP contribution is -2.36. The van der Waals surface area contributed by atoms with Gasteiger partial charge in [0.25, 0.3) is 0 Å². The fourth-order valence-corrected chi connectivity index (χ4v) is 4.42. The Morgan fingerprint density at radius 3 is 2.65 bits per heavy atom. The van der Waals surface area contributed by atoms with E-state index < -0.39 is 0 Å². The van der Waals surface area contributed by atoms with E-state index in [4.69, 9.17) is 5.84 Å². The molecule has 1 saturated carbocycles. The molecule has 2 nitrogen and oxygen atoms in total. The van der Waals surface area contributed by atoms with Crippen LogP contribution in [0.15, 0.2) is 15.9 Å². The first-order chi connectivity index (χ1) is 8.11. The maximum absolute atomic E-state index is 5.77. The minimum absolute atomic E-state index is 0.321. The molecule has 0 saturated heterocycles. The summed E-state index contributed by atoms with van der Waals surface area (Å²) in [5.74, 6) is 8.12. The van der Waals surface area contributed by atoms with Crippen molar-refractivity contribution >= 4 is 27.3 Å². The fraction of sp³-hybridized carbons (Fsp3) is 0.692. The highest BCUT2D eigenvalue weighted by Gasteiger charge is 2.31. The van der Waals surface area contributed by atoms with Gasteiger partial charge < -0.3 is 0 Å². The summed E-state index contributed by atoms with van der Waals surface area (Å²) in [5.41, 5.74) is 3.03. The molecule has 4 heteroatoms. The van der Waals surface area contributed by atoms with Crippen molar-refractivity contribution in [3.8, 4) is 0 Å². The molecule has 2 rings (SSSR count). The standard InChI is InChI=1S/C13H21BrN2S/c1-8-3-4-10(7-9(8)2)13(16-15)11-5-6-12(14)17-11/h5-6,8-10,13,16H,3-4,7,15H2,1-2H3. The molecule has 3 N–H and O–H groups in total. The Labute approximate surface area is 116 Å². The van der Waals surface area contributed by atoms with E-state index in [1.165, 1.54) is 27.9 Å². The Morgan fingerprint density at radius 2 is 2.12 bits per heavy atom. The molecular formula is C13H21BrN2S. The number of rotatable bonds is 3. The normalized spacial score (nSPS) is 31.4. The Hall–Kier alpha value is 0.1000. The third kappa shape index (κ3) is 3.11. The van der Waals surface area contributed by atoms with Crippen LogP contribution in [0.1, 0.15) is 44.0 Å². The van der Waals surface area contributed by atoms with Crippen molar-refractivity contribution < 1.29 is 0 Å². The highest BCUT2D eigenvalue weighted by molar-refractivity contribution is 9.11. The quantitative estimate of drug-likeness (QED) is 0.651. The summed E-state index contributed by atoms with van der Waals surface area (Å²) in [4.78, 5) is 1.35. The second-order valence-corrected chi connectivity index (χ2v) is 7.81. The lowest BCUT2D eigenvalue weighted by molar-refractivity contribution is 0.173. The fourth-order valence-electron chi connectivity index (χ4n) is 2.84. The van der Waals surface area contributed by atoms with Crippen molar-refractivity contribution in [1.82, 2.24) is 5.43 Å². The van der Waals surface area contributed by atoms with Gasteiger partial charge in [0, 0.05) is 4.88 Å². The number of thiophene rings is 1. The average Bonchev–Trinajstić information content (AvgIpc) is 2.71. The second kappa shape index (κ2) is 5.83. The van der Waals surface area contributed by atoms with E-state index in [1.54, 1.807) is 11.3 Å². The first-order valence-electron chi connectivity index (χ1n) is 6.33. The molecule has 0 amide bonds. The third-order valence-corrected chi connectivity index (χ3v) is 5.90. The van der Waals surface area contributed by atoms with E-state index in [9.17, 15) is 0 Å². The van der Waals surface area contributed by atoms with Gasteiger partial charge in [-0.1, -0.05) is 20.3 Å². The first kappa shape index (κ1) is 13.5. The number of nitrogens with one attached hydrogen (secondary N) is 1. The molecule has 1 heterocycles. The average molecular weight is 317 g/mol. The molecule has 0 aliphatic heterocycles. The van der Waals surface area contributed by atoms with Crippen LogP contribution >= 0.6 is 27.3 Å². The predicted octanol–water partition coefficient (Wildman–Crippen LogP) is 4.09. The van der Waals surface area contributed by atoms with Gasteiger partial charge in [-0.3, -0.25) is 11.3 Å². The molecule has 1 aromatic rings. The SMILES string of the molecule is CC1CCC(C(NN)c2ccc(Br)s2)CC1C. The largest absolute Gasteiger partial charge is 0.271 e. The van der Waals surface area contributed by atoms with Gasteiger partial charge in [0.2, 0.25) is 0 Å². The van der Waals surface area contributed by atoms with Gasteiger partial charge in [0.1, 0.15) is 0 Å². The zero-order valence-electron chi connectivity index (χ0n) is 10.4. The van der Waals surface area contributed by atoms with Crippen LogP contribution in [0.25, 0.3) is 0 Å². The van der Waals surface area contributed by atoms with E-state index in [0.717, 1.165) is 11.8 Å². The maximum Gasteiger partial charge on any atom is 0.0702 e. The number of hydrogen-bond acceptors (Lipinski definition) is 3. The molecular weight excluding hydrogens is 296 g/mol. The zero-order valence-corrected chi connectivity index (χ0v) is 12.9. The van der Waals surface area contributed by atoms with E-state index in [-0.39, 0.29) is 0 Å². The Kier molecular flexibility index (Phi) is 4.64. The van der Waals surface area contributed by atoms with Crippen molar-refractivity contribution in [2.75, 3.05) is 0 Å². The second-order valence-electron chi connectivity index (χ2n) is 5.31. The summed E-state index contributed by atoms with van der Waals surface area (Å²) in [5, 5.41) is 0. The summed E-state index contributed by atoms with van der Waals surface area (Å²) in [6, 6.07) is 4.61. The maximum atomic E-state index is 5.77. The summed E-state index contributed by atoms with van der Waals surface area (Å²) < 4.78 is 1.19. The molecule has 0 radical (unpaired) electrons. The Morgan fingerprint density at radius 1 is 1.35 bits per heavy atom. The predicted molar refractivity (Wildman–Crippen MR) is 77.8 cm³/mol. The molecule has 1 aromatic heterocycles. The third-order valence-electron chi connectivity index (χ3n) is 4.19. The van der Waals surface area contributed by atoms with Crippen molar-refractivity contribution in [3.05, 3.63) is 20.8 Å². The molecule has 0 spiro atoms. The Balaban J connectivity index is 2.08. The molecule has 1 aliphatic carbocycles. The lowest BCUT2D eigenvalue weighted by atomic mass is 9.73. The van der Waals surface area contributed by atoms with Gasteiger partial charge in [-0.25, -0.2) is 0 Å². The number of hydrogen-bond donors (Lipinski definition) is 2. The summed E-state index contributed by atoms with van der Waals surface area (Å²) in [6.07, 6.45) is 3.90. The summed E-state index contributed by atoms with van der Waals surface area (Å²) >= 11 is 5.32. The van der Waals surface area contributed by atoms with Crippen LogP contribution in [0.2, 0.25) is 0 Å². The first-order valence-corrected chi connectivity index (χ1v) is 7.94. The Bertz CT molecular complexity index is 366. The lowest BCUT2D eigenvalue weighted by Gasteiger charge is -2.36. The van der Waals surface area contributed by atoms with Crippen molar-refractivity contribution in [1.29, 1.82) is 0 Å². The van der Waals surface area contributed by atoms with Gasteiger partial charge in [-0.2, -0.15) is 0 Å². The van der Waals surface area contributed by atoms with Gasteiger partial charge in [0.15, 0.2) is 0 Å². The zero-order chi connectivity index (χ0) is 12.4. The molecule has 1 aliphatic rings. The molecule has 4 unspecified atom stereocenters.